The summed E-state index contributed by atoms with van der Waals surface area (Å²) in [5.41, 5.74) is -0.432. The Morgan fingerprint density at radius 3 is 2.24 bits per heavy atom. The van der Waals surface area contributed by atoms with Crippen LogP contribution in [0.1, 0.15) is 44.7 Å². The Morgan fingerprint density at radius 2 is 1.84 bits per heavy atom. The van der Waals surface area contributed by atoms with Crippen LogP contribution in [0.15, 0.2) is 24.3 Å². The van der Waals surface area contributed by atoms with Crippen LogP contribution in [0.25, 0.3) is 0 Å². The molecule has 1 amide bonds. The normalized spacial score (nSPS) is 26.0. The summed E-state index contributed by atoms with van der Waals surface area (Å²) in [6, 6.07) is 7.42. The Morgan fingerprint density at radius 1 is 1.28 bits per heavy atom. The molecule has 1 N–H and O–H groups in total. The molecule has 1 saturated carbocycles. The molecule has 0 aromatic heterocycles. The lowest BCUT2D eigenvalue weighted by molar-refractivity contribution is -0.110. The Labute approximate surface area is 148 Å². The summed E-state index contributed by atoms with van der Waals surface area (Å²) in [4.78, 5) is 24.0. The Kier molecular flexibility index (Phi) is 5.01. The highest BCUT2D eigenvalue weighted by atomic mass is 32.2. The summed E-state index contributed by atoms with van der Waals surface area (Å²) >= 11 is 0. The van der Waals surface area contributed by atoms with Crippen LogP contribution in [0.5, 0.6) is 0 Å². The summed E-state index contributed by atoms with van der Waals surface area (Å²) in [5, 5.41) is 1.50. The first-order valence-corrected chi connectivity index (χ1v) is 10.1. The fraction of sp³-hybridized carbons (Fsp3) is 0.556. The maximum Gasteiger partial charge on any atom is 0.408 e. The van der Waals surface area contributed by atoms with Crippen molar-refractivity contribution in [3.63, 3.8) is 0 Å². The summed E-state index contributed by atoms with van der Waals surface area (Å²) in [5.74, 6) is -0.626. The van der Waals surface area contributed by atoms with Crippen LogP contribution in [-0.2, 0) is 25.8 Å². The zero-order valence-corrected chi connectivity index (χ0v) is 16.0. The number of benzene rings is 1. The number of rotatable bonds is 5. The van der Waals surface area contributed by atoms with Crippen molar-refractivity contribution in [3.8, 4) is 0 Å². The number of ether oxygens (including phenoxy) is 1. The van der Waals surface area contributed by atoms with Gasteiger partial charge in [-0.3, -0.25) is 0 Å². The van der Waals surface area contributed by atoms with E-state index in [1.807, 2.05) is 31.2 Å². The van der Waals surface area contributed by atoms with Crippen molar-refractivity contribution in [2.24, 2.45) is 0 Å². The van der Waals surface area contributed by atoms with E-state index >= 15 is 0 Å². The third-order valence-corrected chi connectivity index (χ3v) is 5.88. The SMILES string of the molecule is CCc1ccc([C@@H]2[C@H](S(C)(=O)=O)[C@@]2(C=O)NC(=O)OC(C)(C)C)cc1. The largest absolute Gasteiger partial charge is 0.444 e. The predicted octanol–water partition coefficient (Wildman–Crippen LogP) is 2.22. The van der Waals surface area contributed by atoms with E-state index in [2.05, 4.69) is 5.32 Å². The number of carbonyl (C=O) groups is 2. The van der Waals surface area contributed by atoms with E-state index < -0.39 is 38.2 Å². The first kappa shape index (κ1) is 19.4. The van der Waals surface area contributed by atoms with Crippen molar-refractivity contribution in [3.05, 3.63) is 35.4 Å². The molecule has 0 saturated heterocycles. The van der Waals surface area contributed by atoms with Crippen molar-refractivity contribution in [2.75, 3.05) is 6.26 Å². The van der Waals surface area contributed by atoms with E-state index in [0.717, 1.165) is 18.2 Å². The lowest BCUT2D eigenvalue weighted by Crippen LogP contribution is -2.45. The quantitative estimate of drug-likeness (QED) is 0.806. The van der Waals surface area contributed by atoms with E-state index in [1.54, 1.807) is 20.8 Å². The summed E-state index contributed by atoms with van der Waals surface area (Å²) < 4.78 is 29.6. The van der Waals surface area contributed by atoms with Crippen molar-refractivity contribution >= 4 is 22.2 Å². The minimum absolute atomic E-state index is 0.515. The number of carbonyl (C=O) groups excluding carboxylic acids is 2. The second-order valence-electron chi connectivity index (χ2n) is 7.50. The molecule has 3 atom stereocenters. The molecule has 1 aromatic rings. The average molecular weight is 367 g/mol. The number of nitrogens with one attached hydrogen (secondary N) is 1. The molecule has 25 heavy (non-hydrogen) atoms. The van der Waals surface area contributed by atoms with Crippen molar-refractivity contribution in [2.45, 2.75) is 56.4 Å². The minimum atomic E-state index is -3.55. The van der Waals surface area contributed by atoms with Gasteiger partial charge in [0.15, 0.2) is 9.84 Å². The van der Waals surface area contributed by atoms with Crippen LogP contribution >= 0.6 is 0 Å². The van der Waals surface area contributed by atoms with Crippen molar-refractivity contribution in [1.82, 2.24) is 5.32 Å². The van der Waals surface area contributed by atoms with E-state index in [-0.39, 0.29) is 0 Å². The van der Waals surface area contributed by atoms with Gasteiger partial charge in [0.1, 0.15) is 22.7 Å². The number of amides is 1. The predicted molar refractivity (Wildman–Crippen MR) is 95.4 cm³/mol. The molecule has 0 aliphatic heterocycles. The van der Waals surface area contributed by atoms with Gasteiger partial charge in [0.2, 0.25) is 0 Å². The van der Waals surface area contributed by atoms with E-state index in [4.69, 9.17) is 4.74 Å². The van der Waals surface area contributed by atoms with Crippen LogP contribution in [0.2, 0.25) is 0 Å². The molecule has 0 unspecified atom stereocenters. The van der Waals surface area contributed by atoms with Gasteiger partial charge in [0.25, 0.3) is 0 Å². The summed E-state index contributed by atoms with van der Waals surface area (Å²) in [6.45, 7) is 7.11. The maximum absolute atomic E-state index is 12.2. The lowest BCUT2D eigenvalue weighted by atomic mass is 10.0. The first-order valence-electron chi connectivity index (χ1n) is 8.20. The second kappa shape index (κ2) is 6.44. The zero-order chi connectivity index (χ0) is 19.0. The number of alkyl carbamates (subject to hydrolysis) is 1. The highest BCUT2D eigenvalue weighted by Gasteiger charge is 2.71. The zero-order valence-electron chi connectivity index (χ0n) is 15.2. The minimum Gasteiger partial charge on any atom is -0.444 e. The first-order chi connectivity index (χ1) is 11.4. The number of aryl methyl sites for hydroxylation is 1. The third kappa shape index (κ3) is 4.03. The smallest absolute Gasteiger partial charge is 0.408 e. The molecule has 0 spiro atoms. The maximum atomic E-state index is 12.2. The molecule has 1 fully saturated rings. The number of aldehydes is 1. The molecule has 2 rings (SSSR count). The van der Waals surface area contributed by atoms with Gasteiger partial charge in [0, 0.05) is 12.2 Å². The second-order valence-corrected chi connectivity index (χ2v) is 9.67. The van der Waals surface area contributed by atoms with E-state index in [9.17, 15) is 18.0 Å². The van der Waals surface area contributed by atoms with E-state index in [1.165, 1.54) is 0 Å². The van der Waals surface area contributed by atoms with Gasteiger partial charge in [-0.05, 0) is 38.3 Å². The van der Waals surface area contributed by atoms with Crippen LogP contribution in [0.3, 0.4) is 0 Å². The molecule has 0 heterocycles. The number of hydrogen-bond donors (Lipinski definition) is 1. The Hall–Kier alpha value is -1.89. The Balaban J connectivity index is 2.36. The van der Waals surface area contributed by atoms with Gasteiger partial charge in [-0.15, -0.1) is 0 Å². The van der Waals surface area contributed by atoms with Gasteiger partial charge in [0.05, 0.1) is 0 Å². The van der Waals surface area contributed by atoms with Gasteiger partial charge >= 0.3 is 6.09 Å². The highest BCUT2D eigenvalue weighted by Crippen LogP contribution is 2.54. The molecule has 1 aliphatic rings. The molecule has 0 radical (unpaired) electrons. The van der Waals surface area contributed by atoms with Crippen LogP contribution in [-0.4, -0.2) is 43.4 Å². The fourth-order valence-electron chi connectivity index (χ4n) is 3.19. The lowest BCUT2D eigenvalue weighted by Gasteiger charge is -2.22. The topological polar surface area (TPSA) is 89.5 Å². The molecular formula is C18H25NO5S. The van der Waals surface area contributed by atoms with Gasteiger partial charge in [-0.25, -0.2) is 13.2 Å². The van der Waals surface area contributed by atoms with Crippen LogP contribution in [0, 0.1) is 0 Å². The van der Waals surface area contributed by atoms with Crippen LogP contribution < -0.4 is 5.32 Å². The molecule has 6 nitrogen and oxygen atoms in total. The van der Waals surface area contributed by atoms with Crippen molar-refractivity contribution < 1.29 is 22.7 Å². The van der Waals surface area contributed by atoms with E-state index in [0.29, 0.717) is 11.8 Å². The molecule has 1 aromatic carbocycles. The van der Waals surface area contributed by atoms with Crippen LogP contribution in [0.4, 0.5) is 4.79 Å². The number of hydrogen-bond acceptors (Lipinski definition) is 5. The summed E-state index contributed by atoms with van der Waals surface area (Å²) in [7, 11) is -3.55. The van der Waals surface area contributed by atoms with Gasteiger partial charge < -0.3 is 14.8 Å². The number of sulfone groups is 1. The fourth-order valence-corrected chi connectivity index (χ4v) is 4.95. The standard InChI is InChI=1S/C18H25NO5S/c1-6-12-7-9-13(10-8-12)14-15(25(5,22)23)18(14,11-20)19-16(21)24-17(2,3)4/h7-11,14-15H,6H2,1-5H3,(H,19,21)/t14-,15+,18+/m1/s1. The molecule has 138 valence electrons. The molecule has 7 heteroatoms. The average Bonchev–Trinajstić information content (AvgIpc) is 3.14. The molecular weight excluding hydrogens is 342 g/mol. The molecule has 0 bridgehead atoms. The van der Waals surface area contributed by atoms with Crippen molar-refractivity contribution in [1.29, 1.82) is 0 Å². The van der Waals surface area contributed by atoms with Gasteiger partial charge in [-0.1, -0.05) is 31.2 Å². The third-order valence-electron chi connectivity index (χ3n) is 4.30. The Bertz CT molecular complexity index is 764. The van der Waals surface area contributed by atoms with Gasteiger partial charge in [-0.2, -0.15) is 0 Å². The molecule has 1 aliphatic carbocycles. The highest BCUT2D eigenvalue weighted by molar-refractivity contribution is 7.91. The monoisotopic (exact) mass is 367 g/mol. The summed E-state index contributed by atoms with van der Waals surface area (Å²) in [6.07, 6.45) is 1.64.